The van der Waals surface area contributed by atoms with E-state index in [0.717, 1.165) is 22.0 Å². The highest BCUT2D eigenvalue weighted by molar-refractivity contribution is 7.98. The number of halogens is 1. The van der Waals surface area contributed by atoms with Gasteiger partial charge in [-0.2, -0.15) is 0 Å². The third-order valence-corrected chi connectivity index (χ3v) is 4.75. The van der Waals surface area contributed by atoms with Crippen LogP contribution in [0.25, 0.3) is 17.1 Å². The van der Waals surface area contributed by atoms with E-state index in [1.807, 2.05) is 35.0 Å². The zero-order valence-electron chi connectivity index (χ0n) is 13.7. The minimum absolute atomic E-state index is 0.281. The molecule has 0 spiro atoms. The molecule has 4 aromatic rings. The molecule has 0 saturated heterocycles. The number of nitrogens with zero attached hydrogens (tertiary/aromatic N) is 5. The Morgan fingerprint density at radius 3 is 2.42 bits per heavy atom. The second-order valence-corrected chi connectivity index (χ2v) is 6.45. The number of hydrogen-bond donors (Lipinski definition) is 0. The number of hydrogen-bond acceptors (Lipinski definition) is 5. The van der Waals surface area contributed by atoms with Gasteiger partial charge in [0.1, 0.15) is 5.82 Å². The van der Waals surface area contributed by atoms with Gasteiger partial charge in [0.05, 0.1) is 0 Å². The fourth-order valence-corrected chi connectivity index (χ4v) is 3.39. The molecule has 1 aromatic carbocycles. The zero-order valence-corrected chi connectivity index (χ0v) is 14.5. The Morgan fingerprint density at radius 1 is 0.885 bits per heavy atom. The summed E-state index contributed by atoms with van der Waals surface area (Å²) < 4.78 is 15.3. The van der Waals surface area contributed by atoms with Crippen LogP contribution >= 0.6 is 11.8 Å². The SMILES string of the molecule is Fc1ccc(-n2c(SCc3cccnc3)nnc2-c2ccncc2)cc1. The van der Waals surface area contributed by atoms with Gasteiger partial charge in [0.2, 0.25) is 0 Å². The first kappa shape index (κ1) is 16.4. The van der Waals surface area contributed by atoms with E-state index in [0.29, 0.717) is 11.6 Å². The minimum atomic E-state index is -0.281. The van der Waals surface area contributed by atoms with E-state index in [9.17, 15) is 4.39 Å². The molecule has 0 bridgehead atoms. The molecule has 5 nitrogen and oxygen atoms in total. The van der Waals surface area contributed by atoms with E-state index in [4.69, 9.17) is 0 Å². The first-order valence-corrected chi connectivity index (χ1v) is 8.93. The van der Waals surface area contributed by atoms with Crippen LogP contribution in [0.4, 0.5) is 4.39 Å². The summed E-state index contributed by atoms with van der Waals surface area (Å²) in [6, 6.07) is 14.0. The monoisotopic (exact) mass is 363 g/mol. The third kappa shape index (κ3) is 3.48. The van der Waals surface area contributed by atoms with Gasteiger partial charge in [-0.15, -0.1) is 10.2 Å². The van der Waals surface area contributed by atoms with Crippen molar-refractivity contribution < 1.29 is 4.39 Å². The molecule has 3 aromatic heterocycles. The molecule has 128 valence electrons. The molecule has 0 saturated carbocycles. The molecule has 0 aliphatic carbocycles. The van der Waals surface area contributed by atoms with Crippen molar-refractivity contribution in [1.82, 2.24) is 24.7 Å². The Labute approximate surface area is 154 Å². The summed E-state index contributed by atoms with van der Waals surface area (Å²) in [4.78, 5) is 8.18. The molecule has 3 heterocycles. The number of thioether (sulfide) groups is 1. The van der Waals surface area contributed by atoms with Crippen molar-refractivity contribution in [2.45, 2.75) is 10.9 Å². The van der Waals surface area contributed by atoms with E-state index in [-0.39, 0.29) is 5.82 Å². The van der Waals surface area contributed by atoms with Crippen LogP contribution in [0, 0.1) is 5.82 Å². The molecule has 7 heteroatoms. The Hall–Kier alpha value is -3.06. The summed E-state index contributed by atoms with van der Waals surface area (Å²) in [5.41, 5.74) is 2.79. The van der Waals surface area contributed by atoms with Gasteiger partial charge in [-0.3, -0.25) is 14.5 Å². The second-order valence-electron chi connectivity index (χ2n) is 5.50. The zero-order chi connectivity index (χ0) is 17.8. The average molecular weight is 363 g/mol. The fraction of sp³-hybridized carbons (Fsp3) is 0.0526. The van der Waals surface area contributed by atoms with Crippen LogP contribution in [-0.4, -0.2) is 24.7 Å². The first-order chi connectivity index (χ1) is 12.8. The van der Waals surface area contributed by atoms with E-state index in [1.165, 1.54) is 12.1 Å². The highest BCUT2D eigenvalue weighted by Gasteiger charge is 2.16. The Kier molecular flexibility index (Phi) is 4.70. The smallest absolute Gasteiger partial charge is 0.196 e. The third-order valence-electron chi connectivity index (χ3n) is 3.75. The topological polar surface area (TPSA) is 56.5 Å². The minimum Gasteiger partial charge on any atom is -0.270 e. The van der Waals surface area contributed by atoms with Crippen molar-refractivity contribution in [3.63, 3.8) is 0 Å². The van der Waals surface area contributed by atoms with Gasteiger partial charge in [-0.1, -0.05) is 17.8 Å². The Bertz CT molecular complexity index is 988. The summed E-state index contributed by atoms with van der Waals surface area (Å²) in [5, 5.41) is 9.43. The number of rotatable bonds is 5. The molecular weight excluding hydrogens is 349 g/mol. The van der Waals surface area contributed by atoms with Gasteiger partial charge >= 0.3 is 0 Å². The van der Waals surface area contributed by atoms with Crippen LogP contribution in [-0.2, 0) is 5.75 Å². The van der Waals surface area contributed by atoms with Crippen LogP contribution in [0.5, 0.6) is 0 Å². The molecule has 0 radical (unpaired) electrons. The largest absolute Gasteiger partial charge is 0.270 e. The van der Waals surface area contributed by atoms with E-state index in [1.54, 1.807) is 42.5 Å². The molecule has 0 atom stereocenters. The molecule has 0 N–H and O–H groups in total. The summed E-state index contributed by atoms with van der Waals surface area (Å²) >= 11 is 1.55. The van der Waals surface area contributed by atoms with E-state index in [2.05, 4.69) is 20.2 Å². The Morgan fingerprint density at radius 2 is 1.69 bits per heavy atom. The lowest BCUT2D eigenvalue weighted by molar-refractivity contribution is 0.627. The number of benzene rings is 1. The van der Waals surface area contributed by atoms with E-state index < -0.39 is 0 Å². The van der Waals surface area contributed by atoms with Crippen LogP contribution < -0.4 is 0 Å². The van der Waals surface area contributed by atoms with Crippen LogP contribution in [0.15, 0.2) is 78.5 Å². The van der Waals surface area contributed by atoms with Crippen LogP contribution in [0.1, 0.15) is 5.56 Å². The average Bonchev–Trinajstić information content (AvgIpc) is 3.12. The summed E-state index contributed by atoms with van der Waals surface area (Å²) in [5.74, 6) is 1.12. The van der Waals surface area contributed by atoms with E-state index >= 15 is 0 Å². The van der Waals surface area contributed by atoms with Crippen molar-refractivity contribution in [3.05, 3.63) is 84.7 Å². The molecule has 4 rings (SSSR count). The Balaban J connectivity index is 1.74. The van der Waals surface area contributed by atoms with Gasteiger partial charge in [0, 0.05) is 41.8 Å². The lowest BCUT2D eigenvalue weighted by Crippen LogP contribution is -2.00. The van der Waals surface area contributed by atoms with Crippen molar-refractivity contribution in [3.8, 4) is 17.1 Å². The maximum Gasteiger partial charge on any atom is 0.196 e. The van der Waals surface area contributed by atoms with Gasteiger partial charge in [0.15, 0.2) is 11.0 Å². The maximum atomic E-state index is 13.4. The standard InChI is InChI=1S/C19H14FN5S/c20-16-3-5-17(6-4-16)25-18(15-7-10-21-11-8-15)23-24-19(25)26-13-14-2-1-9-22-12-14/h1-12H,13H2. The normalized spacial score (nSPS) is 10.8. The molecule has 0 amide bonds. The maximum absolute atomic E-state index is 13.4. The van der Waals surface area contributed by atoms with Gasteiger partial charge in [-0.25, -0.2) is 4.39 Å². The fourth-order valence-electron chi connectivity index (χ4n) is 2.51. The molecule has 0 aliphatic rings. The summed E-state index contributed by atoms with van der Waals surface area (Å²) in [6.45, 7) is 0. The lowest BCUT2D eigenvalue weighted by atomic mass is 10.2. The van der Waals surface area contributed by atoms with Crippen molar-refractivity contribution in [1.29, 1.82) is 0 Å². The first-order valence-electron chi connectivity index (χ1n) is 7.95. The summed E-state index contributed by atoms with van der Waals surface area (Å²) in [6.07, 6.45) is 7.00. The quantitative estimate of drug-likeness (QED) is 0.499. The van der Waals surface area contributed by atoms with Crippen LogP contribution in [0.2, 0.25) is 0 Å². The second kappa shape index (κ2) is 7.45. The molecule has 26 heavy (non-hydrogen) atoms. The summed E-state index contributed by atoms with van der Waals surface area (Å²) in [7, 11) is 0. The van der Waals surface area contributed by atoms with Gasteiger partial charge in [0.25, 0.3) is 0 Å². The van der Waals surface area contributed by atoms with Crippen molar-refractivity contribution >= 4 is 11.8 Å². The molecule has 0 fully saturated rings. The van der Waals surface area contributed by atoms with Gasteiger partial charge in [-0.05, 0) is 48.0 Å². The number of pyridine rings is 2. The molecule has 0 aliphatic heterocycles. The molecular formula is C19H14FN5S. The van der Waals surface area contributed by atoms with Gasteiger partial charge < -0.3 is 0 Å². The highest BCUT2D eigenvalue weighted by Crippen LogP contribution is 2.29. The predicted molar refractivity (Wildman–Crippen MR) is 98.3 cm³/mol. The predicted octanol–water partition coefficient (Wildman–Crippen LogP) is 4.16. The highest BCUT2D eigenvalue weighted by atomic mass is 32.2. The molecule has 0 unspecified atom stereocenters. The number of aromatic nitrogens is 5. The van der Waals surface area contributed by atoms with Crippen molar-refractivity contribution in [2.24, 2.45) is 0 Å². The van der Waals surface area contributed by atoms with Crippen molar-refractivity contribution in [2.75, 3.05) is 0 Å². The lowest BCUT2D eigenvalue weighted by Gasteiger charge is -2.10. The van der Waals surface area contributed by atoms with Crippen LogP contribution in [0.3, 0.4) is 0 Å².